The summed E-state index contributed by atoms with van der Waals surface area (Å²) in [5.74, 6) is -0.497. The molecular weight excluding hydrogens is 296 g/mol. The van der Waals surface area contributed by atoms with Gasteiger partial charge in [-0.1, -0.05) is 13.0 Å². The first-order chi connectivity index (χ1) is 10.8. The fraction of sp³-hybridized carbons (Fsp3) is 0.833. The summed E-state index contributed by atoms with van der Waals surface area (Å²) in [5.41, 5.74) is -1.31. The molecule has 1 aliphatic heterocycles. The Balaban J connectivity index is 1.83. The van der Waals surface area contributed by atoms with Gasteiger partial charge in [0.15, 0.2) is 5.78 Å². The summed E-state index contributed by atoms with van der Waals surface area (Å²) in [6, 6.07) is 0. The molecule has 3 N–H and O–H groups in total. The quantitative estimate of drug-likeness (QED) is 0.575. The van der Waals surface area contributed by atoms with Crippen LogP contribution in [0.25, 0.3) is 0 Å². The van der Waals surface area contributed by atoms with Gasteiger partial charge in [-0.3, -0.25) is 4.79 Å². The Labute approximate surface area is 136 Å². The van der Waals surface area contributed by atoms with Crippen LogP contribution in [0.1, 0.15) is 39.5 Å². The van der Waals surface area contributed by atoms with Crippen LogP contribution in [0.2, 0.25) is 0 Å². The summed E-state index contributed by atoms with van der Waals surface area (Å²) in [5, 5.41) is 32.7. The third-order valence-corrected chi connectivity index (χ3v) is 7.35. The van der Waals surface area contributed by atoms with E-state index >= 15 is 0 Å². The van der Waals surface area contributed by atoms with Crippen LogP contribution in [-0.2, 0) is 9.53 Å². The number of carbonyl (C=O) groups is 1. The molecule has 3 fully saturated rings. The van der Waals surface area contributed by atoms with Gasteiger partial charge in [0.05, 0.1) is 29.8 Å². The molecule has 2 saturated carbocycles. The van der Waals surface area contributed by atoms with Crippen molar-refractivity contribution in [2.75, 3.05) is 6.61 Å². The summed E-state index contributed by atoms with van der Waals surface area (Å²) < 4.78 is 5.57. The van der Waals surface area contributed by atoms with E-state index in [1.54, 1.807) is 6.92 Å². The fourth-order valence-corrected chi connectivity index (χ4v) is 5.47. The monoisotopic (exact) mass is 322 g/mol. The number of Topliss-reactive ketones (excluding diaryl/α,β-unsaturated/α-hetero) is 1. The molecule has 0 aromatic carbocycles. The van der Waals surface area contributed by atoms with Crippen LogP contribution in [0, 0.1) is 23.2 Å². The number of aliphatic hydroxyl groups excluding tert-OH is 2. The van der Waals surface area contributed by atoms with E-state index in [1.807, 2.05) is 13.0 Å². The number of ketones is 1. The number of fused-ring (bicyclic) bond motifs is 5. The first-order valence-electron chi connectivity index (χ1n) is 8.73. The van der Waals surface area contributed by atoms with Crippen molar-refractivity contribution < 1.29 is 24.9 Å². The Morgan fingerprint density at radius 2 is 2.09 bits per heavy atom. The molecule has 1 heterocycles. The van der Waals surface area contributed by atoms with E-state index in [0.717, 1.165) is 0 Å². The minimum atomic E-state index is -1.23. The molecular formula is C18H26O5. The van der Waals surface area contributed by atoms with Gasteiger partial charge in [-0.15, -0.1) is 0 Å². The maximum atomic E-state index is 13.1. The first kappa shape index (κ1) is 15.8. The van der Waals surface area contributed by atoms with Crippen LogP contribution < -0.4 is 0 Å². The molecule has 0 radical (unpaired) electrons. The van der Waals surface area contributed by atoms with Crippen LogP contribution >= 0.6 is 0 Å². The van der Waals surface area contributed by atoms with Crippen molar-refractivity contribution in [2.24, 2.45) is 23.2 Å². The second-order valence-electron chi connectivity index (χ2n) is 8.22. The van der Waals surface area contributed by atoms with Gasteiger partial charge in [-0.2, -0.15) is 0 Å². The Hall–Kier alpha value is -0.750. The maximum absolute atomic E-state index is 13.1. The van der Waals surface area contributed by atoms with Crippen molar-refractivity contribution in [3.05, 3.63) is 11.6 Å². The van der Waals surface area contributed by atoms with Crippen molar-refractivity contribution in [2.45, 2.75) is 63.4 Å². The largest absolute Gasteiger partial charge is 0.392 e. The third kappa shape index (κ3) is 1.91. The first-order valence-corrected chi connectivity index (χ1v) is 8.73. The Kier molecular flexibility index (Phi) is 3.34. The van der Waals surface area contributed by atoms with Gasteiger partial charge in [-0.05, 0) is 37.7 Å². The summed E-state index contributed by atoms with van der Waals surface area (Å²) >= 11 is 0. The maximum Gasteiger partial charge on any atom is 0.174 e. The molecule has 5 heteroatoms. The van der Waals surface area contributed by atoms with Gasteiger partial charge in [-0.25, -0.2) is 0 Å². The average molecular weight is 322 g/mol. The predicted molar refractivity (Wildman–Crippen MR) is 82.5 cm³/mol. The lowest BCUT2D eigenvalue weighted by Crippen LogP contribution is -2.66. The number of hydrogen-bond donors (Lipinski definition) is 3. The third-order valence-electron chi connectivity index (χ3n) is 7.35. The van der Waals surface area contributed by atoms with Gasteiger partial charge < -0.3 is 20.1 Å². The standard InChI is InChI=1S/C18H26O5/c1-9-10-4-3-5-18(9,22)7-12-11-8-23-13(11)6-14(19)17(12,2)16(21)15(10)20/h4,9,11-15,19-20,22H,3,5-8H2,1-2H3/t9-,11+,12?,13-,14+,15-,17+,18-/m1/s1. The van der Waals surface area contributed by atoms with E-state index in [9.17, 15) is 20.1 Å². The summed E-state index contributed by atoms with van der Waals surface area (Å²) in [6.45, 7) is 4.25. The summed E-state index contributed by atoms with van der Waals surface area (Å²) in [4.78, 5) is 13.1. The van der Waals surface area contributed by atoms with Crippen molar-refractivity contribution in [1.29, 1.82) is 0 Å². The zero-order valence-electron chi connectivity index (χ0n) is 13.7. The van der Waals surface area contributed by atoms with Crippen molar-refractivity contribution in [3.8, 4) is 0 Å². The zero-order valence-corrected chi connectivity index (χ0v) is 13.7. The van der Waals surface area contributed by atoms with Gasteiger partial charge in [0, 0.05) is 18.3 Å². The highest BCUT2D eigenvalue weighted by Gasteiger charge is 2.63. The van der Waals surface area contributed by atoms with E-state index in [4.69, 9.17) is 4.74 Å². The van der Waals surface area contributed by atoms with E-state index in [0.29, 0.717) is 37.9 Å². The molecule has 128 valence electrons. The molecule has 3 aliphatic carbocycles. The van der Waals surface area contributed by atoms with E-state index in [2.05, 4.69) is 0 Å². The minimum absolute atomic E-state index is 0.0232. The molecule has 4 aliphatic rings. The zero-order chi connectivity index (χ0) is 16.6. The molecule has 8 atom stereocenters. The summed E-state index contributed by atoms with van der Waals surface area (Å²) in [7, 11) is 0. The summed E-state index contributed by atoms with van der Waals surface area (Å²) in [6.07, 6.45) is 2.05. The lowest BCUT2D eigenvalue weighted by atomic mass is 9.50. The van der Waals surface area contributed by atoms with Crippen molar-refractivity contribution >= 4 is 5.78 Å². The Morgan fingerprint density at radius 1 is 1.35 bits per heavy atom. The second-order valence-corrected chi connectivity index (χ2v) is 8.22. The van der Waals surface area contributed by atoms with Gasteiger partial charge in [0.2, 0.25) is 0 Å². The fourth-order valence-electron chi connectivity index (χ4n) is 5.47. The Morgan fingerprint density at radius 3 is 2.74 bits per heavy atom. The molecule has 0 amide bonds. The normalized spacial score (nSPS) is 55.7. The smallest absolute Gasteiger partial charge is 0.174 e. The number of ether oxygens (including phenoxy) is 1. The van der Waals surface area contributed by atoms with E-state index in [1.165, 1.54) is 0 Å². The molecule has 1 unspecified atom stereocenters. The van der Waals surface area contributed by atoms with Crippen LogP contribution in [0.15, 0.2) is 11.6 Å². The molecule has 4 rings (SSSR count). The van der Waals surface area contributed by atoms with E-state index in [-0.39, 0.29) is 29.6 Å². The highest BCUT2D eigenvalue weighted by molar-refractivity contribution is 5.92. The lowest BCUT2D eigenvalue weighted by Gasteiger charge is -2.59. The molecule has 2 bridgehead atoms. The van der Waals surface area contributed by atoms with Gasteiger partial charge >= 0.3 is 0 Å². The highest BCUT2D eigenvalue weighted by atomic mass is 16.5. The number of hydrogen-bond acceptors (Lipinski definition) is 5. The molecule has 1 saturated heterocycles. The number of rotatable bonds is 0. The molecule has 23 heavy (non-hydrogen) atoms. The van der Waals surface area contributed by atoms with Gasteiger partial charge in [0.1, 0.15) is 6.10 Å². The number of carbonyl (C=O) groups excluding carboxylic acids is 1. The lowest BCUT2D eigenvalue weighted by molar-refractivity contribution is -0.237. The van der Waals surface area contributed by atoms with Crippen molar-refractivity contribution in [3.63, 3.8) is 0 Å². The second kappa shape index (κ2) is 4.88. The van der Waals surface area contributed by atoms with Crippen molar-refractivity contribution in [1.82, 2.24) is 0 Å². The molecule has 0 aromatic rings. The van der Waals surface area contributed by atoms with Crippen LogP contribution in [-0.4, -0.2) is 51.6 Å². The highest BCUT2D eigenvalue weighted by Crippen LogP contribution is 2.57. The minimum Gasteiger partial charge on any atom is -0.392 e. The van der Waals surface area contributed by atoms with Crippen LogP contribution in [0.5, 0.6) is 0 Å². The van der Waals surface area contributed by atoms with Crippen LogP contribution in [0.4, 0.5) is 0 Å². The topological polar surface area (TPSA) is 87.0 Å². The number of aliphatic hydroxyl groups is 3. The Bertz CT molecular complexity index is 572. The predicted octanol–water partition coefficient (Wildman–Crippen LogP) is 0.810. The molecule has 0 aromatic heterocycles. The molecule has 0 spiro atoms. The van der Waals surface area contributed by atoms with Crippen LogP contribution in [0.3, 0.4) is 0 Å². The molecule has 5 nitrogen and oxygen atoms in total. The average Bonchev–Trinajstić information content (AvgIpc) is 2.49. The number of allylic oxidation sites excluding steroid dienone is 1. The van der Waals surface area contributed by atoms with E-state index < -0.39 is 23.2 Å². The van der Waals surface area contributed by atoms with Gasteiger partial charge in [0.25, 0.3) is 0 Å². The SMILES string of the molecule is C[C@@H]1C2=CCC[C@@]1(O)CC1[C@@H]3CO[C@@H]3C[C@H](O)[C@@]1(C)C(=O)[C@@H]2O.